The van der Waals surface area contributed by atoms with E-state index in [2.05, 4.69) is 5.32 Å². The van der Waals surface area contributed by atoms with Crippen LogP contribution >= 0.6 is 11.6 Å². The molecule has 1 heterocycles. The molecule has 7 heteroatoms. The van der Waals surface area contributed by atoms with Gasteiger partial charge in [-0.05, 0) is 30.3 Å². The van der Waals surface area contributed by atoms with Crippen molar-refractivity contribution in [3.05, 3.63) is 46.9 Å². The summed E-state index contributed by atoms with van der Waals surface area (Å²) >= 11 is 5.98. The number of hydrogen-bond acceptors (Lipinski definition) is 4. The lowest BCUT2D eigenvalue weighted by Crippen LogP contribution is -1.97. The van der Waals surface area contributed by atoms with Crippen molar-refractivity contribution in [3.8, 4) is 5.75 Å². The molecule has 2 aromatic rings. The number of carboxylic acid groups (broad SMARTS) is 1. The van der Waals surface area contributed by atoms with Crippen LogP contribution in [0.25, 0.3) is 0 Å². The third-order valence-electron chi connectivity index (χ3n) is 2.40. The molecule has 0 fully saturated rings. The fraction of sp³-hybridized carbons (Fsp3) is 0.0769. The van der Waals surface area contributed by atoms with Crippen LogP contribution in [-0.2, 0) is 11.4 Å². The fourth-order valence-corrected chi connectivity index (χ4v) is 1.73. The second-order valence-electron chi connectivity index (χ2n) is 3.77. The van der Waals surface area contributed by atoms with E-state index in [1.165, 1.54) is 18.2 Å². The molecule has 2 rings (SSSR count). The molecule has 6 nitrogen and oxygen atoms in total. The molecule has 0 atom stereocenters. The summed E-state index contributed by atoms with van der Waals surface area (Å²) in [6.07, 6.45) is 0.544. The molecular weight excluding hydrogens is 286 g/mol. The van der Waals surface area contributed by atoms with Gasteiger partial charge in [0.15, 0.2) is 0 Å². The highest BCUT2D eigenvalue weighted by atomic mass is 35.5. The van der Waals surface area contributed by atoms with Gasteiger partial charge >= 0.3 is 5.97 Å². The molecule has 0 saturated heterocycles. The standard InChI is InChI=1S/C13H10ClNO5/c14-10-5-8(15-7-16)1-3-11(10)19-6-9-2-4-12(20-9)13(17)18/h1-5,7H,6H2,(H,15,16)(H,17,18). The first-order valence-corrected chi connectivity index (χ1v) is 5.92. The number of ether oxygens (including phenoxy) is 1. The summed E-state index contributed by atoms with van der Waals surface area (Å²) in [6.45, 7) is 0.0491. The van der Waals surface area contributed by atoms with Crippen molar-refractivity contribution in [2.75, 3.05) is 5.32 Å². The van der Waals surface area contributed by atoms with E-state index in [0.29, 0.717) is 28.6 Å². The number of aromatic carboxylic acids is 1. The number of rotatable bonds is 6. The van der Waals surface area contributed by atoms with Crippen LogP contribution in [0.1, 0.15) is 16.3 Å². The van der Waals surface area contributed by atoms with Gasteiger partial charge in [-0.2, -0.15) is 0 Å². The van der Waals surface area contributed by atoms with Gasteiger partial charge in [0.2, 0.25) is 12.2 Å². The SMILES string of the molecule is O=CNc1ccc(OCc2ccc(C(=O)O)o2)c(Cl)c1. The normalized spacial score (nSPS) is 10.1. The van der Waals surface area contributed by atoms with Crippen LogP contribution in [0.5, 0.6) is 5.75 Å². The number of hydrogen-bond donors (Lipinski definition) is 2. The van der Waals surface area contributed by atoms with Crippen molar-refractivity contribution in [1.29, 1.82) is 0 Å². The average molecular weight is 296 g/mol. The first-order chi connectivity index (χ1) is 9.60. The van der Waals surface area contributed by atoms with Crippen LogP contribution in [0.3, 0.4) is 0 Å². The lowest BCUT2D eigenvalue weighted by atomic mass is 10.3. The summed E-state index contributed by atoms with van der Waals surface area (Å²) in [5, 5.41) is 11.5. The van der Waals surface area contributed by atoms with Gasteiger partial charge in [0.05, 0.1) is 5.02 Å². The van der Waals surface area contributed by atoms with Crippen LogP contribution < -0.4 is 10.1 Å². The van der Waals surface area contributed by atoms with Crippen LogP contribution in [-0.4, -0.2) is 17.5 Å². The molecule has 0 aliphatic heterocycles. The maximum Gasteiger partial charge on any atom is 0.371 e. The number of anilines is 1. The number of furan rings is 1. The summed E-state index contributed by atoms with van der Waals surface area (Å²) < 4.78 is 10.5. The highest BCUT2D eigenvalue weighted by molar-refractivity contribution is 6.32. The molecular formula is C13H10ClNO5. The number of nitrogens with one attached hydrogen (secondary N) is 1. The lowest BCUT2D eigenvalue weighted by Gasteiger charge is -2.07. The summed E-state index contributed by atoms with van der Waals surface area (Å²) in [4.78, 5) is 20.9. The minimum Gasteiger partial charge on any atom is -0.484 e. The minimum atomic E-state index is -1.14. The molecule has 0 radical (unpaired) electrons. The molecule has 20 heavy (non-hydrogen) atoms. The van der Waals surface area contributed by atoms with Crippen molar-refractivity contribution in [3.63, 3.8) is 0 Å². The number of amides is 1. The van der Waals surface area contributed by atoms with Crippen LogP contribution in [0.2, 0.25) is 5.02 Å². The summed E-state index contributed by atoms with van der Waals surface area (Å²) in [5.74, 6) is -0.524. The van der Waals surface area contributed by atoms with Gasteiger partial charge in [-0.15, -0.1) is 0 Å². The Bertz CT molecular complexity index is 637. The first kappa shape index (κ1) is 14.0. The second-order valence-corrected chi connectivity index (χ2v) is 4.17. The first-order valence-electron chi connectivity index (χ1n) is 5.54. The Kier molecular flexibility index (Phi) is 4.27. The Morgan fingerprint density at radius 1 is 1.40 bits per heavy atom. The number of carbonyl (C=O) groups excluding carboxylic acids is 1. The molecule has 104 valence electrons. The van der Waals surface area contributed by atoms with E-state index in [9.17, 15) is 9.59 Å². The lowest BCUT2D eigenvalue weighted by molar-refractivity contribution is -0.105. The summed E-state index contributed by atoms with van der Waals surface area (Å²) in [6, 6.07) is 7.62. The maximum absolute atomic E-state index is 10.7. The Morgan fingerprint density at radius 3 is 2.80 bits per heavy atom. The quantitative estimate of drug-likeness (QED) is 0.800. The molecule has 0 aliphatic rings. The second kappa shape index (κ2) is 6.12. The van der Waals surface area contributed by atoms with Crippen LogP contribution in [0.15, 0.2) is 34.7 Å². The van der Waals surface area contributed by atoms with Gasteiger partial charge in [-0.25, -0.2) is 4.79 Å². The molecule has 0 unspecified atom stereocenters. The fourth-order valence-electron chi connectivity index (χ4n) is 1.50. The predicted octanol–water partition coefficient (Wildman–Crippen LogP) is 2.78. The summed E-state index contributed by atoms with van der Waals surface area (Å²) in [7, 11) is 0. The van der Waals surface area contributed by atoms with Crippen molar-refractivity contribution < 1.29 is 23.8 Å². The Morgan fingerprint density at radius 2 is 2.20 bits per heavy atom. The topological polar surface area (TPSA) is 88.8 Å². The molecule has 0 saturated carbocycles. The minimum absolute atomic E-state index is 0.0491. The van der Waals surface area contributed by atoms with E-state index < -0.39 is 5.97 Å². The Labute approximate surface area is 118 Å². The predicted molar refractivity (Wildman–Crippen MR) is 71.1 cm³/mol. The van der Waals surface area contributed by atoms with Gasteiger partial charge in [0.25, 0.3) is 0 Å². The van der Waals surface area contributed by atoms with Crippen molar-refractivity contribution in [2.45, 2.75) is 6.61 Å². The van der Waals surface area contributed by atoms with Crippen molar-refractivity contribution >= 4 is 29.7 Å². The Balaban J connectivity index is 2.02. The molecule has 2 N–H and O–H groups in total. The van der Waals surface area contributed by atoms with E-state index in [0.717, 1.165) is 0 Å². The van der Waals surface area contributed by atoms with Gasteiger partial charge in [-0.3, -0.25) is 4.79 Å². The van der Waals surface area contributed by atoms with E-state index in [4.69, 9.17) is 25.9 Å². The van der Waals surface area contributed by atoms with Crippen LogP contribution in [0, 0.1) is 0 Å². The Hall–Kier alpha value is -2.47. The molecule has 0 spiro atoms. The van der Waals surface area contributed by atoms with Gasteiger partial charge in [0, 0.05) is 5.69 Å². The molecule has 1 amide bonds. The third kappa shape index (κ3) is 3.30. The highest BCUT2D eigenvalue weighted by Crippen LogP contribution is 2.28. The van der Waals surface area contributed by atoms with Gasteiger partial charge in [-0.1, -0.05) is 11.6 Å². The molecule has 1 aromatic heterocycles. The number of carbonyl (C=O) groups is 2. The number of benzene rings is 1. The smallest absolute Gasteiger partial charge is 0.371 e. The van der Waals surface area contributed by atoms with E-state index in [-0.39, 0.29) is 12.4 Å². The highest BCUT2D eigenvalue weighted by Gasteiger charge is 2.10. The maximum atomic E-state index is 10.7. The van der Waals surface area contributed by atoms with E-state index in [1.54, 1.807) is 12.1 Å². The van der Waals surface area contributed by atoms with E-state index in [1.807, 2.05) is 0 Å². The largest absolute Gasteiger partial charge is 0.484 e. The zero-order valence-electron chi connectivity index (χ0n) is 10.1. The third-order valence-corrected chi connectivity index (χ3v) is 2.70. The van der Waals surface area contributed by atoms with Gasteiger partial charge in [0.1, 0.15) is 18.1 Å². The summed E-state index contributed by atoms with van der Waals surface area (Å²) in [5.41, 5.74) is 0.545. The van der Waals surface area contributed by atoms with Gasteiger partial charge < -0.3 is 19.6 Å². The molecule has 0 bridgehead atoms. The van der Waals surface area contributed by atoms with Crippen LogP contribution in [0.4, 0.5) is 5.69 Å². The zero-order chi connectivity index (χ0) is 14.5. The molecule has 1 aromatic carbocycles. The van der Waals surface area contributed by atoms with E-state index >= 15 is 0 Å². The monoisotopic (exact) mass is 295 g/mol. The van der Waals surface area contributed by atoms with Crippen molar-refractivity contribution in [2.24, 2.45) is 0 Å². The number of carboxylic acids is 1. The number of halogens is 1. The average Bonchev–Trinajstić information content (AvgIpc) is 2.87. The molecule has 0 aliphatic carbocycles. The zero-order valence-corrected chi connectivity index (χ0v) is 10.9. The van der Waals surface area contributed by atoms with Crippen molar-refractivity contribution in [1.82, 2.24) is 0 Å².